The minimum absolute atomic E-state index is 0.0895. The first-order chi connectivity index (χ1) is 9.69. The molecule has 0 amide bonds. The molecule has 20 heavy (non-hydrogen) atoms. The Morgan fingerprint density at radius 1 is 1.25 bits per heavy atom. The molecule has 1 heterocycles. The van der Waals surface area contributed by atoms with Crippen LogP contribution in [0.5, 0.6) is 0 Å². The number of nitrogens with one attached hydrogen (secondary N) is 1. The van der Waals surface area contributed by atoms with Crippen molar-refractivity contribution in [3.05, 3.63) is 30.3 Å². The van der Waals surface area contributed by atoms with Crippen LogP contribution in [0.15, 0.2) is 30.3 Å². The molecule has 108 valence electrons. The van der Waals surface area contributed by atoms with E-state index in [4.69, 9.17) is 9.47 Å². The molecule has 2 atom stereocenters. The fourth-order valence-electron chi connectivity index (χ4n) is 3.10. The summed E-state index contributed by atoms with van der Waals surface area (Å²) in [6.45, 7) is 1.12. The Labute approximate surface area is 117 Å². The van der Waals surface area contributed by atoms with Crippen LogP contribution in [0.1, 0.15) is 19.3 Å². The van der Waals surface area contributed by atoms with Crippen LogP contribution in [0.3, 0.4) is 0 Å². The van der Waals surface area contributed by atoms with Gasteiger partial charge < -0.3 is 19.9 Å². The average molecular weight is 277 g/mol. The molecule has 3 rings (SSSR count). The number of para-hydroxylation sites is 1. The van der Waals surface area contributed by atoms with Gasteiger partial charge in [-0.15, -0.1) is 0 Å². The maximum atomic E-state index is 11.5. The highest BCUT2D eigenvalue weighted by Crippen LogP contribution is 2.40. The third-order valence-electron chi connectivity index (χ3n) is 4.11. The van der Waals surface area contributed by atoms with E-state index in [1.807, 2.05) is 30.3 Å². The second-order valence-corrected chi connectivity index (χ2v) is 5.41. The summed E-state index contributed by atoms with van der Waals surface area (Å²) in [6.07, 6.45) is 1.87. The molecule has 1 aromatic rings. The molecular weight excluding hydrogens is 258 g/mol. The van der Waals surface area contributed by atoms with Crippen molar-refractivity contribution in [2.75, 3.05) is 18.5 Å². The van der Waals surface area contributed by atoms with Crippen LogP contribution in [0, 0.1) is 5.92 Å². The lowest BCUT2D eigenvalue weighted by Crippen LogP contribution is -2.48. The van der Waals surface area contributed by atoms with Crippen molar-refractivity contribution in [1.29, 1.82) is 0 Å². The quantitative estimate of drug-likeness (QED) is 0.885. The van der Waals surface area contributed by atoms with E-state index in [0.717, 1.165) is 18.5 Å². The average Bonchev–Trinajstić information content (AvgIpc) is 2.90. The first-order valence-corrected chi connectivity index (χ1v) is 7.01. The van der Waals surface area contributed by atoms with Gasteiger partial charge in [0.2, 0.25) is 0 Å². The monoisotopic (exact) mass is 277 g/mol. The van der Waals surface area contributed by atoms with E-state index in [2.05, 4.69) is 5.32 Å². The minimum Gasteiger partial charge on any atom is -0.481 e. The molecule has 0 radical (unpaired) electrons. The Morgan fingerprint density at radius 3 is 2.60 bits per heavy atom. The van der Waals surface area contributed by atoms with Gasteiger partial charge in [-0.05, 0) is 18.6 Å². The third kappa shape index (κ3) is 2.64. The summed E-state index contributed by atoms with van der Waals surface area (Å²) in [5, 5.41) is 12.8. The molecule has 5 nitrogen and oxygen atoms in total. The Hall–Kier alpha value is -1.59. The summed E-state index contributed by atoms with van der Waals surface area (Å²) >= 11 is 0. The van der Waals surface area contributed by atoms with Crippen molar-refractivity contribution in [2.24, 2.45) is 5.92 Å². The zero-order chi connectivity index (χ0) is 14.0. The molecule has 1 saturated carbocycles. The number of carboxylic acids is 1. The van der Waals surface area contributed by atoms with Crippen molar-refractivity contribution in [1.82, 2.24) is 0 Å². The van der Waals surface area contributed by atoms with Crippen molar-refractivity contribution in [3.63, 3.8) is 0 Å². The Balaban J connectivity index is 1.73. The topological polar surface area (TPSA) is 67.8 Å². The lowest BCUT2D eigenvalue weighted by atomic mass is 9.80. The number of rotatable bonds is 3. The summed E-state index contributed by atoms with van der Waals surface area (Å²) in [5.41, 5.74) is 0.952. The molecule has 1 spiro atoms. The van der Waals surface area contributed by atoms with Crippen LogP contribution in [0.25, 0.3) is 0 Å². The van der Waals surface area contributed by atoms with Crippen LogP contribution >= 0.6 is 0 Å². The number of hydrogen-bond acceptors (Lipinski definition) is 4. The van der Waals surface area contributed by atoms with Crippen LogP contribution in [-0.4, -0.2) is 36.1 Å². The van der Waals surface area contributed by atoms with E-state index in [9.17, 15) is 9.90 Å². The summed E-state index contributed by atoms with van der Waals surface area (Å²) in [7, 11) is 0. The molecule has 1 saturated heterocycles. The lowest BCUT2D eigenvalue weighted by molar-refractivity contribution is -0.194. The summed E-state index contributed by atoms with van der Waals surface area (Å²) in [5.74, 6) is -1.96. The Bertz CT molecular complexity index is 470. The van der Waals surface area contributed by atoms with Gasteiger partial charge in [0.25, 0.3) is 0 Å². The third-order valence-corrected chi connectivity index (χ3v) is 4.11. The highest BCUT2D eigenvalue weighted by molar-refractivity contribution is 5.72. The molecule has 0 unspecified atom stereocenters. The largest absolute Gasteiger partial charge is 0.481 e. The first-order valence-electron chi connectivity index (χ1n) is 7.01. The maximum absolute atomic E-state index is 11.5. The predicted octanol–water partition coefficient (Wildman–Crippen LogP) is 2.09. The Kier molecular flexibility index (Phi) is 3.63. The molecule has 1 aliphatic carbocycles. The van der Waals surface area contributed by atoms with Gasteiger partial charge >= 0.3 is 5.97 Å². The van der Waals surface area contributed by atoms with Gasteiger partial charge in [-0.2, -0.15) is 0 Å². The first kappa shape index (κ1) is 13.4. The van der Waals surface area contributed by atoms with Crippen molar-refractivity contribution in [2.45, 2.75) is 31.1 Å². The zero-order valence-corrected chi connectivity index (χ0v) is 11.2. The number of anilines is 1. The van der Waals surface area contributed by atoms with Gasteiger partial charge in [0.1, 0.15) is 0 Å². The second-order valence-electron chi connectivity index (χ2n) is 5.41. The van der Waals surface area contributed by atoms with Crippen molar-refractivity contribution < 1.29 is 19.4 Å². The zero-order valence-electron chi connectivity index (χ0n) is 11.2. The molecular formula is C15H19NO4. The SMILES string of the molecule is O=C(O)[C@H]1CC2(CC[C@H]1Nc1ccccc1)OCCO2. The molecule has 2 N–H and O–H groups in total. The van der Waals surface area contributed by atoms with Crippen LogP contribution in [0.2, 0.25) is 0 Å². The highest BCUT2D eigenvalue weighted by Gasteiger charge is 2.47. The molecule has 1 aliphatic heterocycles. The predicted molar refractivity (Wildman–Crippen MR) is 73.5 cm³/mol. The maximum Gasteiger partial charge on any atom is 0.308 e. The van der Waals surface area contributed by atoms with Gasteiger partial charge in [0.05, 0.1) is 19.1 Å². The highest BCUT2D eigenvalue weighted by atomic mass is 16.7. The molecule has 0 bridgehead atoms. The fraction of sp³-hybridized carbons (Fsp3) is 0.533. The van der Waals surface area contributed by atoms with E-state index in [1.165, 1.54) is 0 Å². The second kappa shape index (κ2) is 5.42. The summed E-state index contributed by atoms with van der Waals surface area (Å²) < 4.78 is 11.3. The number of benzene rings is 1. The van der Waals surface area contributed by atoms with E-state index in [1.54, 1.807) is 0 Å². The van der Waals surface area contributed by atoms with E-state index < -0.39 is 17.7 Å². The van der Waals surface area contributed by atoms with Crippen LogP contribution in [-0.2, 0) is 14.3 Å². The van der Waals surface area contributed by atoms with Gasteiger partial charge in [-0.1, -0.05) is 18.2 Å². The summed E-state index contributed by atoms with van der Waals surface area (Å²) in [4.78, 5) is 11.5. The molecule has 1 aromatic carbocycles. The van der Waals surface area contributed by atoms with Crippen molar-refractivity contribution in [3.8, 4) is 0 Å². The Morgan fingerprint density at radius 2 is 1.95 bits per heavy atom. The summed E-state index contributed by atoms with van der Waals surface area (Å²) in [6, 6.07) is 9.62. The van der Waals surface area contributed by atoms with E-state index in [0.29, 0.717) is 19.6 Å². The van der Waals surface area contributed by atoms with E-state index in [-0.39, 0.29) is 6.04 Å². The standard InChI is InChI=1S/C15H19NO4/c17-14(18)12-10-15(19-8-9-20-15)7-6-13(12)16-11-4-2-1-3-5-11/h1-5,12-13,16H,6-10H2,(H,17,18)/t12-,13+/m0/s1. The number of carbonyl (C=O) groups is 1. The molecule has 2 fully saturated rings. The van der Waals surface area contributed by atoms with Gasteiger partial charge in [-0.25, -0.2) is 0 Å². The molecule has 5 heteroatoms. The normalized spacial score (nSPS) is 28.4. The van der Waals surface area contributed by atoms with Crippen LogP contribution in [0.4, 0.5) is 5.69 Å². The van der Waals surface area contributed by atoms with Crippen LogP contribution < -0.4 is 5.32 Å². The lowest BCUT2D eigenvalue weighted by Gasteiger charge is -2.39. The van der Waals surface area contributed by atoms with Gasteiger partial charge in [-0.3, -0.25) is 4.79 Å². The van der Waals surface area contributed by atoms with Crippen molar-refractivity contribution >= 4 is 11.7 Å². The van der Waals surface area contributed by atoms with Gasteiger partial charge in [0, 0.05) is 24.6 Å². The number of hydrogen-bond donors (Lipinski definition) is 2. The molecule has 0 aromatic heterocycles. The fourth-order valence-corrected chi connectivity index (χ4v) is 3.10. The smallest absolute Gasteiger partial charge is 0.308 e. The van der Waals surface area contributed by atoms with Gasteiger partial charge in [0.15, 0.2) is 5.79 Å². The minimum atomic E-state index is -0.795. The molecule has 2 aliphatic rings. The number of aliphatic carboxylic acids is 1. The van der Waals surface area contributed by atoms with E-state index >= 15 is 0 Å². The number of ether oxygens (including phenoxy) is 2. The number of carboxylic acid groups (broad SMARTS) is 1.